The molecule has 5 nitrogen and oxygen atoms in total. The van der Waals surface area contributed by atoms with Crippen LogP contribution in [0.5, 0.6) is 0 Å². The van der Waals surface area contributed by atoms with E-state index >= 15 is 0 Å². The molecule has 1 saturated carbocycles. The van der Waals surface area contributed by atoms with Crippen molar-refractivity contribution in [2.75, 3.05) is 20.2 Å². The fraction of sp³-hybridized carbons (Fsp3) is 0.857. The molecule has 19 heavy (non-hydrogen) atoms. The predicted molar refractivity (Wildman–Crippen MR) is 73.4 cm³/mol. The Balaban J connectivity index is 2.23. The molecule has 1 aliphatic rings. The number of amides is 1. The molecule has 110 valence electrons. The van der Waals surface area contributed by atoms with Crippen molar-refractivity contribution in [1.82, 2.24) is 5.32 Å². The highest BCUT2D eigenvalue weighted by Gasteiger charge is 2.32. The van der Waals surface area contributed by atoms with Crippen molar-refractivity contribution in [2.45, 2.75) is 51.4 Å². The smallest absolute Gasteiger partial charge is 0.305 e. The van der Waals surface area contributed by atoms with Crippen LogP contribution in [0.4, 0.5) is 0 Å². The molecule has 0 atom stereocenters. The molecule has 0 aromatic carbocycles. The monoisotopic (exact) mass is 270 g/mol. The molecule has 1 aliphatic carbocycles. The Morgan fingerprint density at radius 1 is 1.26 bits per heavy atom. The average Bonchev–Trinajstić information content (AvgIpc) is 2.44. The van der Waals surface area contributed by atoms with Crippen molar-refractivity contribution in [3.8, 4) is 0 Å². The van der Waals surface area contributed by atoms with Gasteiger partial charge in [-0.1, -0.05) is 19.3 Å². The summed E-state index contributed by atoms with van der Waals surface area (Å²) in [6.07, 6.45) is 7.19. The van der Waals surface area contributed by atoms with Gasteiger partial charge in [-0.2, -0.15) is 0 Å². The third kappa shape index (κ3) is 5.59. The second-order valence-corrected chi connectivity index (χ2v) is 5.47. The summed E-state index contributed by atoms with van der Waals surface area (Å²) in [5.41, 5.74) is 5.86. The maximum Gasteiger partial charge on any atom is 0.305 e. The number of ether oxygens (including phenoxy) is 1. The van der Waals surface area contributed by atoms with Crippen molar-refractivity contribution in [2.24, 2.45) is 11.1 Å². The van der Waals surface area contributed by atoms with Crippen molar-refractivity contribution in [3.63, 3.8) is 0 Å². The Labute approximate surface area is 115 Å². The van der Waals surface area contributed by atoms with Gasteiger partial charge in [0.1, 0.15) is 0 Å². The van der Waals surface area contributed by atoms with Crippen LogP contribution in [-0.2, 0) is 14.3 Å². The Hall–Kier alpha value is -1.10. The number of hydrogen-bond donors (Lipinski definition) is 2. The zero-order chi connectivity index (χ0) is 14.1. The Morgan fingerprint density at radius 2 is 1.95 bits per heavy atom. The molecule has 0 aliphatic heterocycles. The number of carbonyl (C=O) groups excluding carboxylic acids is 2. The van der Waals surface area contributed by atoms with E-state index in [1.807, 2.05) is 0 Å². The number of hydrogen-bond acceptors (Lipinski definition) is 4. The molecule has 1 rings (SSSR count). The molecule has 0 aromatic heterocycles. The quantitative estimate of drug-likeness (QED) is 0.540. The first-order valence-electron chi connectivity index (χ1n) is 7.15. The van der Waals surface area contributed by atoms with Crippen LogP contribution in [0, 0.1) is 5.41 Å². The van der Waals surface area contributed by atoms with E-state index < -0.39 is 0 Å². The van der Waals surface area contributed by atoms with Gasteiger partial charge in [-0.3, -0.25) is 9.59 Å². The van der Waals surface area contributed by atoms with Crippen molar-refractivity contribution < 1.29 is 14.3 Å². The van der Waals surface area contributed by atoms with Gasteiger partial charge in [-0.15, -0.1) is 0 Å². The van der Waals surface area contributed by atoms with Crippen molar-refractivity contribution >= 4 is 11.9 Å². The maximum atomic E-state index is 11.9. The van der Waals surface area contributed by atoms with Gasteiger partial charge < -0.3 is 15.8 Å². The molecule has 0 aromatic rings. The van der Waals surface area contributed by atoms with E-state index in [9.17, 15) is 9.59 Å². The summed E-state index contributed by atoms with van der Waals surface area (Å²) < 4.78 is 4.54. The highest BCUT2D eigenvalue weighted by molar-refractivity contribution is 5.76. The first-order chi connectivity index (χ1) is 9.12. The standard InChI is InChI=1S/C14H26N2O3/c1-19-13(18)6-5-9-16-12(17)10-14(11-15)7-3-2-4-8-14/h2-11,15H2,1H3,(H,16,17). The van der Waals surface area contributed by atoms with Crippen LogP contribution < -0.4 is 11.1 Å². The number of nitrogens with two attached hydrogens (primary N) is 1. The molecular weight excluding hydrogens is 244 g/mol. The van der Waals surface area contributed by atoms with E-state index in [4.69, 9.17) is 5.73 Å². The summed E-state index contributed by atoms with van der Waals surface area (Å²) >= 11 is 0. The number of nitrogens with one attached hydrogen (secondary N) is 1. The van der Waals surface area contributed by atoms with Gasteiger partial charge in [0.05, 0.1) is 7.11 Å². The summed E-state index contributed by atoms with van der Waals surface area (Å²) in [4.78, 5) is 22.8. The Morgan fingerprint density at radius 3 is 2.53 bits per heavy atom. The van der Waals surface area contributed by atoms with Crippen LogP contribution in [0.3, 0.4) is 0 Å². The third-order valence-corrected chi connectivity index (χ3v) is 3.99. The predicted octanol–water partition coefficient (Wildman–Crippen LogP) is 1.36. The van der Waals surface area contributed by atoms with E-state index in [1.165, 1.54) is 26.4 Å². The molecule has 0 unspecified atom stereocenters. The van der Waals surface area contributed by atoms with Gasteiger partial charge in [0.15, 0.2) is 0 Å². The summed E-state index contributed by atoms with van der Waals surface area (Å²) in [6, 6.07) is 0. The lowest BCUT2D eigenvalue weighted by Crippen LogP contribution is -2.38. The van der Waals surface area contributed by atoms with Crippen LogP contribution in [0.25, 0.3) is 0 Å². The molecular formula is C14H26N2O3. The molecule has 0 saturated heterocycles. The second kappa shape index (κ2) is 8.15. The van der Waals surface area contributed by atoms with E-state index in [1.54, 1.807) is 0 Å². The Bertz CT molecular complexity index is 299. The van der Waals surface area contributed by atoms with E-state index in [0.29, 0.717) is 32.4 Å². The summed E-state index contributed by atoms with van der Waals surface area (Å²) in [6.45, 7) is 1.11. The minimum atomic E-state index is -0.236. The summed E-state index contributed by atoms with van der Waals surface area (Å²) in [5, 5.41) is 2.87. The van der Waals surface area contributed by atoms with E-state index in [2.05, 4.69) is 10.1 Å². The fourth-order valence-corrected chi connectivity index (χ4v) is 2.72. The zero-order valence-corrected chi connectivity index (χ0v) is 11.9. The minimum absolute atomic E-state index is 0.00465. The average molecular weight is 270 g/mol. The molecule has 0 spiro atoms. The number of methoxy groups -OCH3 is 1. The van der Waals surface area contributed by atoms with Gasteiger partial charge in [-0.05, 0) is 31.2 Å². The summed E-state index contributed by atoms with van der Waals surface area (Å²) in [7, 11) is 1.37. The van der Waals surface area contributed by atoms with Crippen molar-refractivity contribution in [1.29, 1.82) is 0 Å². The molecule has 3 N–H and O–H groups in total. The first-order valence-corrected chi connectivity index (χ1v) is 7.15. The van der Waals surface area contributed by atoms with Crippen LogP contribution in [-0.4, -0.2) is 32.1 Å². The van der Waals surface area contributed by atoms with Crippen LogP contribution >= 0.6 is 0 Å². The minimum Gasteiger partial charge on any atom is -0.469 e. The molecule has 0 radical (unpaired) electrons. The lowest BCUT2D eigenvalue weighted by atomic mass is 9.71. The van der Waals surface area contributed by atoms with E-state index in [-0.39, 0.29) is 17.3 Å². The van der Waals surface area contributed by atoms with Gasteiger partial charge in [-0.25, -0.2) is 0 Å². The fourth-order valence-electron chi connectivity index (χ4n) is 2.72. The molecule has 1 amide bonds. The Kier molecular flexibility index (Phi) is 6.84. The van der Waals surface area contributed by atoms with Crippen LogP contribution in [0.15, 0.2) is 0 Å². The molecule has 0 heterocycles. The lowest BCUT2D eigenvalue weighted by Gasteiger charge is -2.35. The maximum absolute atomic E-state index is 11.9. The number of esters is 1. The van der Waals surface area contributed by atoms with Crippen LogP contribution in [0.1, 0.15) is 51.4 Å². The largest absolute Gasteiger partial charge is 0.469 e. The van der Waals surface area contributed by atoms with Gasteiger partial charge in [0.25, 0.3) is 0 Å². The van der Waals surface area contributed by atoms with Crippen LogP contribution in [0.2, 0.25) is 0 Å². The lowest BCUT2D eigenvalue weighted by molar-refractivity contribution is -0.140. The summed E-state index contributed by atoms with van der Waals surface area (Å²) in [5.74, 6) is -0.183. The molecule has 5 heteroatoms. The van der Waals surface area contributed by atoms with Gasteiger partial charge in [0.2, 0.25) is 5.91 Å². The van der Waals surface area contributed by atoms with Crippen molar-refractivity contribution in [3.05, 3.63) is 0 Å². The van der Waals surface area contributed by atoms with Gasteiger partial charge in [0, 0.05) is 19.4 Å². The highest BCUT2D eigenvalue weighted by atomic mass is 16.5. The normalized spacial score (nSPS) is 17.8. The van der Waals surface area contributed by atoms with E-state index in [0.717, 1.165) is 12.8 Å². The molecule has 0 bridgehead atoms. The number of rotatable bonds is 7. The van der Waals surface area contributed by atoms with Gasteiger partial charge >= 0.3 is 5.97 Å². The number of carbonyl (C=O) groups is 2. The highest BCUT2D eigenvalue weighted by Crippen LogP contribution is 2.38. The second-order valence-electron chi connectivity index (χ2n) is 5.47. The third-order valence-electron chi connectivity index (χ3n) is 3.99. The first kappa shape index (κ1) is 16.0. The zero-order valence-electron chi connectivity index (χ0n) is 11.9. The SMILES string of the molecule is COC(=O)CCCNC(=O)CC1(CN)CCCCC1. The molecule has 1 fully saturated rings. The topological polar surface area (TPSA) is 81.4 Å².